The van der Waals surface area contributed by atoms with E-state index in [0.29, 0.717) is 5.41 Å². The van der Waals surface area contributed by atoms with Gasteiger partial charge in [0, 0.05) is 6.54 Å². The summed E-state index contributed by atoms with van der Waals surface area (Å²) < 4.78 is 0. The molecule has 0 heterocycles. The van der Waals surface area contributed by atoms with Gasteiger partial charge in [-0.2, -0.15) is 5.26 Å². The van der Waals surface area contributed by atoms with Gasteiger partial charge in [0.2, 0.25) is 0 Å². The summed E-state index contributed by atoms with van der Waals surface area (Å²) in [6.45, 7) is 8.68. The molecule has 0 aliphatic rings. The van der Waals surface area contributed by atoms with Crippen LogP contribution in [0.4, 0.5) is 0 Å². The van der Waals surface area contributed by atoms with E-state index in [4.69, 9.17) is 5.26 Å². The lowest BCUT2D eigenvalue weighted by Crippen LogP contribution is -2.17. The molecule has 2 nitrogen and oxygen atoms in total. The summed E-state index contributed by atoms with van der Waals surface area (Å²) >= 11 is 0. The minimum absolute atomic E-state index is 0.419. The molecule has 0 saturated heterocycles. The molecule has 0 radical (unpaired) electrons. The summed E-state index contributed by atoms with van der Waals surface area (Å²) in [5.74, 6) is 0. The maximum atomic E-state index is 8.79. The van der Waals surface area contributed by atoms with Gasteiger partial charge in [-0.3, -0.25) is 0 Å². The minimum atomic E-state index is 0.419. The Labute approximate surface area is 105 Å². The molecule has 92 valence electrons. The highest BCUT2D eigenvalue weighted by molar-refractivity contribution is 5.32. The predicted molar refractivity (Wildman–Crippen MR) is 71.6 cm³/mol. The first-order valence-corrected chi connectivity index (χ1v) is 6.21. The van der Waals surface area contributed by atoms with E-state index in [2.05, 4.69) is 38.2 Å². The van der Waals surface area contributed by atoms with Crippen molar-refractivity contribution in [3.05, 3.63) is 35.4 Å². The molecule has 17 heavy (non-hydrogen) atoms. The van der Waals surface area contributed by atoms with E-state index in [1.165, 1.54) is 18.4 Å². The third-order valence-corrected chi connectivity index (χ3v) is 2.67. The standard InChI is InChI=1S/C15H22N2/c1-15(2,3)8-5-9-17-12-14-7-4-6-13(10-14)11-16/h4,6-7,10,17H,5,8-9,12H2,1-3H3. The first-order valence-electron chi connectivity index (χ1n) is 6.21. The van der Waals surface area contributed by atoms with Gasteiger partial charge >= 0.3 is 0 Å². The Balaban J connectivity index is 2.25. The molecule has 0 unspecified atom stereocenters. The van der Waals surface area contributed by atoms with E-state index >= 15 is 0 Å². The molecule has 0 aromatic heterocycles. The number of hydrogen-bond donors (Lipinski definition) is 1. The van der Waals surface area contributed by atoms with Crippen molar-refractivity contribution in [2.45, 2.75) is 40.2 Å². The number of hydrogen-bond acceptors (Lipinski definition) is 2. The van der Waals surface area contributed by atoms with Crippen molar-refractivity contribution in [3.63, 3.8) is 0 Å². The van der Waals surface area contributed by atoms with Crippen LogP contribution in [0.3, 0.4) is 0 Å². The lowest BCUT2D eigenvalue weighted by atomic mass is 9.91. The van der Waals surface area contributed by atoms with Crippen LogP contribution in [-0.2, 0) is 6.54 Å². The average molecular weight is 230 g/mol. The monoisotopic (exact) mass is 230 g/mol. The summed E-state index contributed by atoms with van der Waals surface area (Å²) in [5.41, 5.74) is 2.33. The largest absolute Gasteiger partial charge is 0.313 e. The normalized spacial score (nSPS) is 11.2. The second-order valence-corrected chi connectivity index (χ2v) is 5.65. The van der Waals surface area contributed by atoms with E-state index in [1.807, 2.05) is 18.2 Å². The van der Waals surface area contributed by atoms with Crippen molar-refractivity contribution in [1.29, 1.82) is 5.26 Å². The van der Waals surface area contributed by atoms with Gasteiger partial charge in [0.05, 0.1) is 11.6 Å². The lowest BCUT2D eigenvalue weighted by Gasteiger charge is -2.17. The molecule has 0 aliphatic carbocycles. The fourth-order valence-electron chi connectivity index (χ4n) is 1.73. The van der Waals surface area contributed by atoms with Crippen LogP contribution in [0.5, 0.6) is 0 Å². The van der Waals surface area contributed by atoms with E-state index in [0.717, 1.165) is 18.7 Å². The Hall–Kier alpha value is -1.33. The van der Waals surface area contributed by atoms with Crippen LogP contribution >= 0.6 is 0 Å². The lowest BCUT2D eigenvalue weighted by molar-refractivity contribution is 0.361. The fraction of sp³-hybridized carbons (Fsp3) is 0.533. The highest BCUT2D eigenvalue weighted by Crippen LogP contribution is 2.19. The molecule has 0 atom stereocenters. The first-order chi connectivity index (χ1) is 8.01. The number of nitrogens with one attached hydrogen (secondary N) is 1. The Bertz CT molecular complexity index is 383. The highest BCUT2D eigenvalue weighted by atomic mass is 14.8. The molecule has 1 rings (SSSR count). The maximum absolute atomic E-state index is 8.79. The molecule has 1 N–H and O–H groups in total. The van der Waals surface area contributed by atoms with Crippen molar-refractivity contribution >= 4 is 0 Å². The van der Waals surface area contributed by atoms with Crippen LogP contribution in [0.1, 0.15) is 44.7 Å². The second kappa shape index (κ2) is 6.42. The summed E-state index contributed by atoms with van der Waals surface area (Å²) in [4.78, 5) is 0. The van der Waals surface area contributed by atoms with Gasteiger partial charge in [-0.1, -0.05) is 32.9 Å². The number of nitriles is 1. The zero-order valence-electron chi connectivity index (χ0n) is 11.1. The molecule has 0 bridgehead atoms. The van der Waals surface area contributed by atoms with Gasteiger partial charge in [-0.15, -0.1) is 0 Å². The highest BCUT2D eigenvalue weighted by Gasteiger charge is 2.08. The van der Waals surface area contributed by atoms with E-state index in [9.17, 15) is 0 Å². The van der Waals surface area contributed by atoms with E-state index in [1.54, 1.807) is 0 Å². The van der Waals surface area contributed by atoms with Gasteiger partial charge in [0.15, 0.2) is 0 Å². The van der Waals surface area contributed by atoms with Crippen LogP contribution in [0.15, 0.2) is 24.3 Å². The predicted octanol–water partition coefficient (Wildman–Crippen LogP) is 3.47. The van der Waals surface area contributed by atoms with Crippen molar-refractivity contribution in [3.8, 4) is 6.07 Å². The molecule has 0 saturated carbocycles. The van der Waals surface area contributed by atoms with Crippen LogP contribution in [-0.4, -0.2) is 6.54 Å². The van der Waals surface area contributed by atoms with E-state index < -0.39 is 0 Å². The third kappa shape index (κ3) is 6.09. The zero-order valence-corrected chi connectivity index (χ0v) is 11.1. The van der Waals surface area contributed by atoms with Crippen molar-refractivity contribution in [2.24, 2.45) is 5.41 Å². The SMILES string of the molecule is CC(C)(C)CCCNCc1cccc(C#N)c1. The molecule has 0 amide bonds. The summed E-state index contributed by atoms with van der Waals surface area (Å²) in [6.07, 6.45) is 2.43. The van der Waals surface area contributed by atoms with Gasteiger partial charge in [-0.05, 0) is 42.5 Å². The topological polar surface area (TPSA) is 35.8 Å². The molecule has 2 heteroatoms. The molecule has 1 aromatic carbocycles. The molecular weight excluding hydrogens is 208 g/mol. The Morgan fingerprint density at radius 2 is 2.06 bits per heavy atom. The van der Waals surface area contributed by atoms with Gasteiger partial charge < -0.3 is 5.32 Å². The Morgan fingerprint density at radius 3 is 2.71 bits per heavy atom. The van der Waals surface area contributed by atoms with Gasteiger partial charge in [0.25, 0.3) is 0 Å². The number of nitrogens with zero attached hydrogens (tertiary/aromatic N) is 1. The van der Waals surface area contributed by atoms with Gasteiger partial charge in [-0.25, -0.2) is 0 Å². The van der Waals surface area contributed by atoms with Crippen LogP contribution in [0.2, 0.25) is 0 Å². The van der Waals surface area contributed by atoms with Crippen molar-refractivity contribution < 1.29 is 0 Å². The van der Waals surface area contributed by atoms with Crippen LogP contribution < -0.4 is 5.32 Å². The fourth-order valence-corrected chi connectivity index (χ4v) is 1.73. The minimum Gasteiger partial charge on any atom is -0.313 e. The molecule has 1 aromatic rings. The Morgan fingerprint density at radius 1 is 1.29 bits per heavy atom. The molecule has 0 spiro atoms. The van der Waals surface area contributed by atoms with Crippen molar-refractivity contribution in [2.75, 3.05) is 6.54 Å². The van der Waals surface area contributed by atoms with Crippen LogP contribution in [0.25, 0.3) is 0 Å². The van der Waals surface area contributed by atoms with Crippen LogP contribution in [0, 0.1) is 16.7 Å². The zero-order chi connectivity index (χ0) is 12.7. The summed E-state index contributed by atoms with van der Waals surface area (Å²) in [7, 11) is 0. The number of benzene rings is 1. The molecule has 0 fully saturated rings. The average Bonchev–Trinajstić information content (AvgIpc) is 2.27. The smallest absolute Gasteiger partial charge is 0.0991 e. The summed E-state index contributed by atoms with van der Waals surface area (Å²) in [6, 6.07) is 9.93. The van der Waals surface area contributed by atoms with Gasteiger partial charge in [0.1, 0.15) is 0 Å². The maximum Gasteiger partial charge on any atom is 0.0991 e. The number of rotatable bonds is 5. The third-order valence-electron chi connectivity index (χ3n) is 2.67. The Kier molecular flexibility index (Phi) is 5.18. The van der Waals surface area contributed by atoms with E-state index in [-0.39, 0.29) is 0 Å². The quantitative estimate of drug-likeness (QED) is 0.786. The molecular formula is C15H22N2. The second-order valence-electron chi connectivity index (χ2n) is 5.65. The molecule has 0 aliphatic heterocycles. The van der Waals surface area contributed by atoms with Crippen molar-refractivity contribution in [1.82, 2.24) is 5.32 Å². The first kappa shape index (κ1) is 13.7. The summed E-state index contributed by atoms with van der Waals surface area (Å²) in [5, 5.41) is 12.2.